The largest absolute Gasteiger partial charge is 0.491 e. The third kappa shape index (κ3) is 5.04. The van der Waals surface area contributed by atoms with E-state index in [9.17, 15) is 13.2 Å². The van der Waals surface area contributed by atoms with Gasteiger partial charge < -0.3 is 19.5 Å². The maximum Gasteiger partial charge on any atom is 0.416 e. The summed E-state index contributed by atoms with van der Waals surface area (Å²) in [5.41, 5.74) is 2.07. The molecule has 2 aromatic heterocycles. The molecule has 2 atom stereocenters. The predicted octanol–water partition coefficient (Wildman–Crippen LogP) is 6.86. The molecule has 0 amide bonds. The molecule has 1 fully saturated rings. The highest BCUT2D eigenvalue weighted by atomic mass is 32.1. The number of benzene rings is 2. The summed E-state index contributed by atoms with van der Waals surface area (Å²) in [5.74, 6) is 0.738. The van der Waals surface area contributed by atoms with Crippen LogP contribution in [0.25, 0.3) is 5.69 Å². The van der Waals surface area contributed by atoms with Gasteiger partial charge >= 0.3 is 6.18 Å². The highest BCUT2D eigenvalue weighted by Gasteiger charge is 2.42. The first-order valence-corrected chi connectivity index (χ1v) is 12.3. The van der Waals surface area contributed by atoms with Gasteiger partial charge in [-0.1, -0.05) is 12.1 Å². The van der Waals surface area contributed by atoms with Crippen LogP contribution in [0.2, 0.25) is 0 Å². The van der Waals surface area contributed by atoms with Crippen molar-refractivity contribution in [1.29, 1.82) is 0 Å². The third-order valence-electron chi connectivity index (χ3n) is 6.12. The van der Waals surface area contributed by atoms with E-state index in [1.165, 1.54) is 6.07 Å². The Morgan fingerprint density at radius 3 is 2.41 bits per heavy atom. The van der Waals surface area contributed by atoms with Crippen LogP contribution in [0.15, 0.2) is 91.3 Å². The second-order valence-corrected chi connectivity index (χ2v) is 9.39. The number of thiocarbonyl (C=S) groups is 1. The monoisotopic (exact) mass is 522 g/mol. The fraction of sp³-hybridized carbons (Fsp3) is 0.214. The molecule has 1 aliphatic heterocycles. The van der Waals surface area contributed by atoms with Crippen LogP contribution in [0, 0.1) is 0 Å². The summed E-state index contributed by atoms with van der Waals surface area (Å²) >= 11 is 5.78. The lowest BCUT2D eigenvalue weighted by Crippen LogP contribution is -2.30. The SMILES string of the molecule is CC(C)Oc1ccc(N2C(=S)NC(c3ccccn3)C2c2cccn2-c2cccc(C(F)(F)F)c2)cc1. The summed E-state index contributed by atoms with van der Waals surface area (Å²) in [5, 5.41) is 3.88. The molecule has 5 rings (SSSR count). The molecule has 190 valence electrons. The highest BCUT2D eigenvalue weighted by Crippen LogP contribution is 2.43. The van der Waals surface area contributed by atoms with Crippen molar-refractivity contribution >= 4 is 23.0 Å². The second-order valence-electron chi connectivity index (χ2n) is 9.01. The van der Waals surface area contributed by atoms with E-state index < -0.39 is 11.7 Å². The molecule has 0 aliphatic carbocycles. The number of nitrogens with zero attached hydrogens (tertiary/aromatic N) is 3. The van der Waals surface area contributed by atoms with E-state index in [0.717, 1.165) is 35.0 Å². The van der Waals surface area contributed by atoms with Gasteiger partial charge in [0.05, 0.1) is 23.4 Å². The van der Waals surface area contributed by atoms with Crippen molar-refractivity contribution in [2.75, 3.05) is 4.90 Å². The van der Waals surface area contributed by atoms with Crippen molar-refractivity contribution in [3.63, 3.8) is 0 Å². The number of hydrogen-bond acceptors (Lipinski definition) is 3. The average Bonchev–Trinajstić information content (AvgIpc) is 3.49. The first-order chi connectivity index (χ1) is 17.7. The Bertz CT molecular complexity index is 1390. The van der Waals surface area contributed by atoms with Gasteiger partial charge in [0.1, 0.15) is 11.8 Å². The lowest BCUT2D eigenvalue weighted by Gasteiger charge is -2.29. The zero-order valence-electron chi connectivity index (χ0n) is 20.2. The Morgan fingerprint density at radius 1 is 0.946 bits per heavy atom. The number of ether oxygens (including phenoxy) is 1. The summed E-state index contributed by atoms with van der Waals surface area (Å²) in [4.78, 5) is 6.53. The minimum Gasteiger partial charge on any atom is -0.491 e. The summed E-state index contributed by atoms with van der Waals surface area (Å²) in [6, 6.07) is 21.6. The highest BCUT2D eigenvalue weighted by molar-refractivity contribution is 7.80. The van der Waals surface area contributed by atoms with Gasteiger partial charge in [0.2, 0.25) is 0 Å². The standard InChI is InChI=1S/C28H25F3N4OS/c1-18(2)36-22-13-11-20(12-14-22)35-26(25(33-27(35)37)23-9-3-4-15-32-23)24-10-6-16-34(24)21-8-5-7-19(17-21)28(29,30)31/h3-18,25-26H,1-2H3,(H,33,37). The molecule has 37 heavy (non-hydrogen) atoms. The van der Waals surface area contributed by atoms with E-state index in [2.05, 4.69) is 10.3 Å². The zero-order valence-corrected chi connectivity index (χ0v) is 21.0. The van der Waals surface area contributed by atoms with Crippen LogP contribution in [0.4, 0.5) is 18.9 Å². The first-order valence-electron chi connectivity index (χ1n) is 11.8. The maximum atomic E-state index is 13.5. The summed E-state index contributed by atoms with van der Waals surface area (Å²) in [7, 11) is 0. The van der Waals surface area contributed by atoms with Crippen LogP contribution in [0.3, 0.4) is 0 Å². The average molecular weight is 523 g/mol. The smallest absolute Gasteiger partial charge is 0.416 e. The van der Waals surface area contributed by atoms with Gasteiger partial charge in [0.15, 0.2) is 5.11 Å². The summed E-state index contributed by atoms with van der Waals surface area (Å²) in [6.45, 7) is 3.92. The molecular formula is C28H25F3N4OS. The Labute approximate surface area is 218 Å². The fourth-order valence-electron chi connectivity index (χ4n) is 4.59. The van der Waals surface area contributed by atoms with Crippen LogP contribution in [-0.2, 0) is 6.18 Å². The number of aromatic nitrogens is 2. The number of rotatable bonds is 6. The Hall–Kier alpha value is -3.85. The molecule has 9 heteroatoms. The third-order valence-corrected chi connectivity index (χ3v) is 6.43. The zero-order chi connectivity index (χ0) is 26.2. The van der Waals surface area contributed by atoms with E-state index in [0.29, 0.717) is 10.8 Å². The molecule has 2 unspecified atom stereocenters. The number of anilines is 1. The van der Waals surface area contributed by atoms with E-state index in [4.69, 9.17) is 17.0 Å². The van der Waals surface area contributed by atoms with Gasteiger partial charge in [-0.05, 0) is 92.8 Å². The molecule has 4 aromatic rings. The number of pyridine rings is 1. The predicted molar refractivity (Wildman–Crippen MR) is 141 cm³/mol. The van der Waals surface area contributed by atoms with Gasteiger partial charge in [-0.25, -0.2) is 0 Å². The van der Waals surface area contributed by atoms with Crippen molar-refractivity contribution in [3.8, 4) is 11.4 Å². The molecule has 0 saturated carbocycles. The Kier molecular flexibility index (Phi) is 6.64. The second kappa shape index (κ2) is 9.89. The van der Waals surface area contributed by atoms with Crippen LogP contribution in [0.1, 0.15) is 42.9 Å². The number of nitrogens with one attached hydrogen (secondary N) is 1. The molecular weight excluding hydrogens is 497 g/mol. The first kappa shape index (κ1) is 24.8. The lowest BCUT2D eigenvalue weighted by atomic mass is 10.0. The van der Waals surface area contributed by atoms with Gasteiger partial charge in [-0.15, -0.1) is 0 Å². The summed E-state index contributed by atoms with van der Waals surface area (Å²) in [6.07, 6.45) is -0.928. The van der Waals surface area contributed by atoms with Crippen molar-refractivity contribution in [1.82, 2.24) is 14.9 Å². The van der Waals surface area contributed by atoms with E-state index >= 15 is 0 Å². The Balaban J connectivity index is 1.61. The van der Waals surface area contributed by atoms with Crippen molar-refractivity contribution in [2.45, 2.75) is 38.2 Å². The lowest BCUT2D eigenvalue weighted by molar-refractivity contribution is -0.137. The number of halogens is 3. The van der Waals surface area contributed by atoms with E-state index in [1.54, 1.807) is 23.0 Å². The van der Waals surface area contributed by atoms with E-state index in [-0.39, 0.29) is 18.2 Å². The van der Waals surface area contributed by atoms with Gasteiger partial charge in [0.25, 0.3) is 0 Å². The molecule has 1 aliphatic rings. The Morgan fingerprint density at radius 2 is 1.73 bits per heavy atom. The topological polar surface area (TPSA) is 42.3 Å². The normalized spacial score (nSPS) is 17.8. The van der Waals surface area contributed by atoms with Crippen molar-refractivity contribution < 1.29 is 17.9 Å². The van der Waals surface area contributed by atoms with Crippen molar-refractivity contribution in [3.05, 3.63) is 108 Å². The summed E-state index contributed by atoms with van der Waals surface area (Å²) < 4.78 is 48.0. The van der Waals surface area contributed by atoms with Gasteiger partial charge in [-0.2, -0.15) is 13.2 Å². The number of hydrogen-bond donors (Lipinski definition) is 1. The number of alkyl halides is 3. The minimum atomic E-state index is -4.44. The maximum absolute atomic E-state index is 13.5. The molecule has 1 saturated heterocycles. The fourth-order valence-corrected chi connectivity index (χ4v) is 4.94. The quantitative estimate of drug-likeness (QED) is 0.281. The molecule has 3 heterocycles. The molecule has 0 bridgehead atoms. The molecule has 1 N–H and O–H groups in total. The molecule has 0 radical (unpaired) electrons. The van der Waals surface area contributed by atoms with Crippen LogP contribution < -0.4 is 15.0 Å². The minimum absolute atomic E-state index is 0.0393. The van der Waals surface area contributed by atoms with Gasteiger partial charge in [0, 0.05) is 29.5 Å². The van der Waals surface area contributed by atoms with Crippen LogP contribution >= 0.6 is 12.2 Å². The van der Waals surface area contributed by atoms with E-state index in [1.807, 2.05) is 73.3 Å². The molecule has 5 nitrogen and oxygen atoms in total. The molecule has 0 spiro atoms. The molecule has 2 aromatic carbocycles. The van der Waals surface area contributed by atoms with Crippen LogP contribution in [0.5, 0.6) is 5.75 Å². The van der Waals surface area contributed by atoms with Gasteiger partial charge in [-0.3, -0.25) is 4.98 Å². The van der Waals surface area contributed by atoms with Crippen molar-refractivity contribution in [2.24, 2.45) is 0 Å². The van der Waals surface area contributed by atoms with Crippen LogP contribution in [-0.4, -0.2) is 20.8 Å².